The quantitative estimate of drug-likeness (QED) is 0.798. The first-order chi connectivity index (χ1) is 12.9. The fourth-order valence-corrected chi connectivity index (χ4v) is 4.13. The lowest BCUT2D eigenvalue weighted by Gasteiger charge is -2.47. The molecule has 2 aromatic carbocycles. The molecule has 27 heavy (non-hydrogen) atoms. The molecule has 0 bridgehead atoms. The molecule has 1 saturated heterocycles. The topological polar surface area (TPSA) is 69.7 Å². The first kappa shape index (κ1) is 17.7. The highest BCUT2D eigenvalue weighted by Gasteiger charge is 2.59. The highest BCUT2D eigenvalue weighted by atomic mass is 79.9. The number of hydrogen-bond acceptors (Lipinski definition) is 3. The van der Waals surface area contributed by atoms with E-state index >= 15 is 0 Å². The SMILES string of the molecule is Cc1cc(NC(=O)[C@@]23CCC(=O)N2c2ccccc2C(=O)N3C)ccc1Br. The average Bonchev–Trinajstić information content (AvgIpc) is 3.01. The number of aryl methyl sites for hydroxylation is 1. The van der Waals surface area contributed by atoms with Crippen LogP contribution in [-0.2, 0) is 9.59 Å². The predicted molar refractivity (Wildman–Crippen MR) is 105 cm³/mol. The van der Waals surface area contributed by atoms with Crippen molar-refractivity contribution in [2.24, 2.45) is 0 Å². The van der Waals surface area contributed by atoms with E-state index in [1.54, 1.807) is 37.4 Å². The zero-order chi connectivity index (χ0) is 19.3. The molecule has 0 radical (unpaired) electrons. The molecule has 0 unspecified atom stereocenters. The van der Waals surface area contributed by atoms with Crippen LogP contribution in [0.4, 0.5) is 11.4 Å². The molecule has 2 heterocycles. The zero-order valence-electron chi connectivity index (χ0n) is 15.0. The molecule has 138 valence electrons. The van der Waals surface area contributed by atoms with Gasteiger partial charge in [0.25, 0.3) is 11.8 Å². The first-order valence-corrected chi connectivity index (χ1v) is 9.43. The van der Waals surface area contributed by atoms with Crippen LogP contribution in [0, 0.1) is 6.92 Å². The number of carbonyl (C=O) groups excluding carboxylic acids is 3. The number of fused-ring (bicyclic) bond motifs is 3. The molecule has 1 N–H and O–H groups in total. The summed E-state index contributed by atoms with van der Waals surface area (Å²) < 4.78 is 0.940. The monoisotopic (exact) mass is 427 g/mol. The minimum absolute atomic E-state index is 0.163. The smallest absolute Gasteiger partial charge is 0.271 e. The zero-order valence-corrected chi connectivity index (χ0v) is 16.5. The van der Waals surface area contributed by atoms with Crippen LogP contribution < -0.4 is 10.2 Å². The predicted octanol–water partition coefficient (Wildman–Crippen LogP) is 3.30. The summed E-state index contributed by atoms with van der Waals surface area (Å²) in [7, 11) is 1.58. The molecular weight excluding hydrogens is 410 g/mol. The number of rotatable bonds is 2. The number of nitrogens with zero attached hydrogens (tertiary/aromatic N) is 2. The molecule has 0 aromatic heterocycles. The minimum Gasteiger partial charge on any atom is -0.322 e. The van der Waals surface area contributed by atoms with Crippen molar-refractivity contribution in [3.63, 3.8) is 0 Å². The molecule has 2 aliphatic heterocycles. The van der Waals surface area contributed by atoms with E-state index in [2.05, 4.69) is 21.2 Å². The highest BCUT2D eigenvalue weighted by Crippen LogP contribution is 2.44. The van der Waals surface area contributed by atoms with E-state index in [4.69, 9.17) is 0 Å². The third-order valence-corrected chi connectivity index (χ3v) is 6.21. The Hall–Kier alpha value is -2.67. The van der Waals surface area contributed by atoms with Crippen LogP contribution >= 0.6 is 15.9 Å². The molecule has 0 saturated carbocycles. The van der Waals surface area contributed by atoms with Gasteiger partial charge in [-0.25, -0.2) is 0 Å². The minimum atomic E-state index is -1.36. The van der Waals surface area contributed by atoms with Gasteiger partial charge < -0.3 is 10.2 Å². The molecule has 1 fully saturated rings. The van der Waals surface area contributed by atoms with Crippen LogP contribution in [0.3, 0.4) is 0 Å². The van der Waals surface area contributed by atoms with E-state index in [1.807, 2.05) is 19.1 Å². The normalized spacial score (nSPS) is 21.1. The van der Waals surface area contributed by atoms with Crippen LogP contribution in [-0.4, -0.2) is 35.3 Å². The summed E-state index contributed by atoms with van der Waals surface area (Å²) in [5.74, 6) is -0.817. The molecule has 4 rings (SSSR count). The van der Waals surface area contributed by atoms with Gasteiger partial charge in [0.15, 0.2) is 0 Å². The Morgan fingerprint density at radius 2 is 1.93 bits per heavy atom. The number of para-hydroxylation sites is 1. The van der Waals surface area contributed by atoms with Gasteiger partial charge in [-0.1, -0.05) is 28.1 Å². The lowest BCUT2D eigenvalue weighted by Crippen LogP contribution is -2.68. The number of likely N-dealkylation sites (N-methyl/N-ethyl adjacent to an activating group) is 1. The number of hydrogen-bond donors (Lipinski definition) is 1. The van der Waals surface area contributed by atoms with Crippen molar-refractivity contribution >= 4 is 45.0 Å². The van der Waals surface area contributed by atoms with Crippen LogP contribution in [0.15, 0.2) is 46.9 Å². The Labute approximate surface area is 165 Å². The second-order valence-corrected chi connectivity index (χ2v) is 7.70. The number of carbonyl (C=O) groups is 3. The Bertz CT molecular complexity index is 990. The second kappa shape index (κ2) is 6.20. The maximum atomic E-state index is 13.4. The average molecular weight is 428 g/mol. The van der Waals surface area contributed by atoms with Gasteiger partial charge in [-0.3, -0.25) is 19.3 Å². The summed E-state index contributed by atoms with van der Waals surface area (Å²) in [6.07, 6.45) is 0.461. The maximum Gasteiger partial charge on any atom is 0.271 e. The van der Waals surface area contributed by atoms with Crippen LogP contribution in [0.1, 0.15) is 28.8 Å². The molecule has 0 spiro atoms. The molecule has 2 aromatic rings. The lowest BCUT2D eigenvalue weighted by atomic mass is 9.96. The van der Waals surface area contributed by atoms with Gasteiger partial charge in [-0.05, 0) is 42.8 Å². The molecule has 2 aliphatic rings. The van der Waals surface area contributed by atoms with Crippen molar-refractivity contribution < 1.29 is 14.4 Å². The third kappa shape index (κ3) is 2.49. The highest BCUT2D eigenvalue weighted by molar-refractivity contribution is 9.10. The van der Waals surface area contributed by atoms with E-state index in [-0.39, 0.29) is 30.6 Å². The van der Waals surface area contributed by atoms with Crippen LogP contribution in [0.5, 0.6) is 0 Å². The summed E-state index contributed by atoms with van der Waals surface area (Å²) in [5.41, 5.74) is 1.16. The number of amides is 3. The molecule has 1 atom stereocenters. The Kier molecular flexibility index (Phi) is 4.07. The fraction of sp³-hybridized carbons (Fsp3) is 0.250. The van der Waals surface area contributed by atoms with Crippen LogP contribution in [0.25, 0.3) is 0 Å². The van der Waals surface area contributed by atoms with Crippen molar-refractivity contribution in [2.75, 3.05) is 17.3 Å². The molecular formula is C20H18BrN3O3. The second-order valence-electron chi connectivity index (χ2n) is 6.85. The Morgan fingerprint density at radius 3 is 2.67 bits per heavy atom. The number of halogens is 1. The summed E-state index contributed by atoms with van der Waals surface area (Å²) in [6, 6.07) is 12.4. The van der Waals surface area contributed by atoms with Gasteiger partial charge in [-0.2, -0.15) is 0 Å². The molecule has 6 nitrogen and oxygen atoms in total. The van der Waals surface area contributed by atoms with Crippen LogP contribution in [0.2, 0.25) is 0 Å². The standard InChI is InChI=1S/C20H18BrN3O3/c1-12-11-13(7-8-15(12)21)22-19(27)20-10-9-17(25)24(20)16-6-4-3-5-14(16)18(26)23(20)2/h3-8,11H,9-10H2,1-2H3,(H,22,27)/t20-/m1/s1. The Balaban J connectivity index is 1.79. The molecule has 7 heteroatoms. The van der Waals surface area contributed by atoms with Crippen molar-refractivity contribution in [1.29, 1.82) is 0 Å². The first-order valence-electron chi connectivity index (χ1n) is 8.64. The van der Waals surface area contributed by atoms with E-state index in [0.29, 0.717) is 16.9 Å². The summed E-state index contributed by atoms with van der Waals surface area (Å²) in [5, 5.41) is 2.90. The summed E-state index contributed by atoms with van der Waals surface area (Å²) >= 11 is 3.44. The Morgan fingerprint density at radius 1 is 1.19 bits per heavy atom. The van der Waals surface area contributed by atoms with Gasteiger partial charge in [0.1, 0.15) is 0 Å². The molecule has 0 aliphatic carbocycles. The van der Waals surface area contributed by atoms with E-state index in [1.165, 1.54) is 9.80 Å². The lowest BCUT2D eigenvalue weighted by molar-refractivity contribution is -0.128. The van der Waals surface area contributed by atoms with Gasteiger partial charge in [0.2, 0.25) is 11.6 Å². The van der Waals surface area contributed by atoms with Crippen molar-refractivity contribution in [1.82, 2.24) is 4.90 Å². The van der Waals surface area contributed by atoms with E-state index in [9.17, 15) is 14.4 Å². The van der Waals surface area contributed by atoms with E-state index < -0.39 is 5.66 Å². The van der Waals surface area contributed by atoms with Gasteiger partial charge in [0.05, 0.1) is 11.3 Å². The number of anilines is 2. The molecule has 3 amide bonds. The van der Waals surface area contributed by atoms with E-state index in [0.717, 1.165) is 10.0 Å². The van der Waals surface area contributed by atoms with Crippen molar-refractivity contribution in [3.8, 4) is 0 Å². The maximum absolute atomic E-state index is 13.4. The van der Waals surface area contributed by atoms with Crippen molar-refractivity contribution in [3.05, 3.63) is 58.1 Å². The van der Waals surface area contributed by atoms with Gasteiger partial charge >= 0.3 is 0 Å². The summed E-state index contributed by atoms with van der Waals surface area (Å²) in [6.45, 7) is 1.93. The van der Waals surface area contributed by atoms with Gasteiger partial charge in [0, 0.05) is 30.0 Å². The summed E-state index contributed by atoms with van der Waals surface area (Å²) in [4.78, 5) is 41.8. The fourth-order valence-electron chi connectivity index (χ4n) is 3.88. The third-order valence-electron chi connectivity index (χ3n) is 5.32. The van der Waals surface area contributed by atoms with Crippen molar-refractivity contribution in [2.45, 2.75) is 25.4 Å². The number of benzene rings is 2. The van der Waals surface area contributed by atoms with Gasteiger partial charge in [-0.15, -0.1) is 0 Å². The largest absolute Gasteiger partial charge is 0.322 e. The number of nitrogens with one attached hydrogen (secondary N) is 1.